The van der Waals surface area contributed by atoms with Crippen LogP contribution in [0.1, 0.15) is 12.0 Å². The van der Waals surface area contributed by atoms with Gasteiger partial charge in [-0.2, -0.15) is 8.78 Å². The molecule has 0 bridgehead atoms. The summed E-state index contributed by atoms with van der Waals surface area (Å²) >= 11 is 0. The number of carbonyl (C=O) groups is 1. The number of hydrogen-bond acceptors (Lipinski definition) is 3. The fraction of sp³-hybridized carbons (Fsp3) is 0.417. The molecule has 106 valence electrons. The van der Waals surface area contributed by atoms with E-state index in [1.165, 1.54) is 12.1 Å². The Kier molecular flexibility index (Phi) is 6.59. The number of amides is 2. The SMILES string of the molecule is O=C(NCCCO)NCc1cccc(OC(F)F)c1. The summed E-state index contributed by atoms with van der Waals surface area (Å²) in [5.74, 6) is 0.0509. The molecule has 5 nitrogen and oxygen atoms in total. The van der Waals surface area contributed by atoms with Crippen molar-refractivity contribution < 1.29 is 23.4 Å². The summed E-state index contributed by atoms with van der Waals surface area (Å²) in [6.45, 7) is -2.29. The zero-order valence-electron chi connectivity index (χ0n) is 10.2. The molecule has 3 N–H and O–H groups in total. The fourth-order valence-electron chi connectivity index (χ4n) is 1.36. The molecule has 1 rings (SSSR count). The maximum Gasteiger partial charge on any atom is 0.387 e. The highest BCUT2D eigenvalue weighted by molar-refractivity contribution is 5.73. The monoisotopic (exact) mass is 274 g/mol. The Morgan fingerprint density at radius 1 is 1.37 bits per heavy atom. The molecule has 1 aromatic carbocycles. The molecule has 0 aliphatic rings. The van der Waals surface area contributed by atoms with Crippen molar-refractivity contribution in [3.8, 4) is 5.75 Å². The molecule has 0 radical (unpaired) electrons. The van der Waals surface area contributed by atoms with Crippen molar-refractivity contribution in [2.24, 2.45) is 0 Å². The van der Waals surface area contributed by atoms with E-state index in [4.69, 9.17) is 5.11 Å². The van der Waals surface area contributed by atoms with Crippen molar-refractivity contribution in [3.63, 3.8) is 0 Å². The van der Waals surface area contributed by atoms with Crippen LogP contribution in [0.2, 0.25) is 0 Å². The average molecular weight is 274 g/mol. The van der Waals surface area contributed by atoms with Crippen molar-refractivity contribution >= 4 is 6.03 Å². The number of aliphatic hydroxyl groups excluding tert-OH is 1. The van der Waals surface area contributed by atoms with Gasteiger partial charge in [0.1, 0.15) is 5.75 Å². The summed E-state index contributed by atoms with van der Waals surface area (Å²) < 4.78 is 28.3. The van der Waals surface area contributed by atoms with Crippen molar-refractivity contribution in [2.45, 2.75) is 19.6 Å². The van der Waals surface area contributed by atoms with Gasteiger partial charge in [-0.05, 0) is 24.1 Å². The second-order valence-electron chi connectivity index (χ2n) is 3.71. The summed E-state index contributed by atoms with van der Waals surface area (Å²) in [4.78, 5) is 11.3. The van der Waals surface area contributed by atoms with E-state index < -0.39 is 6.61 Å². The van der Waals surface area contributed by atoms with Gasteiger partial charge in [0, 0.05) is 19.7 Å². The lowest BCUT2D eigenvalue weighted by molar-refractivity contribution is -0.0498. The van der Waals surface area contributed by atoms with Crippen LogP contribution >= 0.6 is 0 Å². The van der Waals surface area contributed by atoms with Crippen LogP contribution in [0.3, 0.4) is 0 Å². The molecule has 19 heavy (non-hydrogen) atoms. The number of hydrogen-bond donors (Lipinski definition) is 3. The predicted molar refractivity (Wildman–Crippen MR) is 65.0 cm³/mol. The van der Waals surface area contributed by atoms with E-state index in [1.807, 2.05) is 0 Å². The van der Waals surface area contributed by atoms with Crippen LogP contribution in [-0.4, -0.2) is 30.9 Å². The lowest BCUT2D eigenvalue weighted by Crippen LogP contribution is -2.35. The van der Waals surface area contributed by atoms with E-state index in [1.54, 1.807) is 12.1 Å². The van der Waals surface area contributed by atoms with Crippen LogP contribution < -0.4 is 15.4 Å². The molecule has 7 heteroatoms. The van der Waals surface area contributed by atoms with Gasteiger partial charge in [-0.3, -0.25) is 0 Å². The highest BCUT2D eigenvalue weighted by Gasteiger charge is 2.05. The third-order valence-electron chi connectivity index (χ3n) is 2.20. The molecule has 0 aromatic heterocycles. The molecule has 0 fully saturated rings. The number of halogens is 2. The van der Waals surface area contributed by atoms with E-state index in [0.29, 0.717) is 18.5 Å². The Bertz CT molecular complexity index is 402. The Hall–Kier alpha value is -1.89. The number of benzene rings is 1. The van der Waals surface area contributed by atoms with Crippen LogP contribution in [0.4, 0.5) is 13.6 Å². The van der Waals surface area contributed by atoms with Crippen molar-refractivity contribution in [1.82, 2.24) is 10.6 Å². The average Bonchev–Trinajstić information content (AvgIpc) is 2.36. The molecule has 1 aromatic rings. The molecule has 0 saturated carbocycles. The van der Waals surface area contributed by atoms with Gasteiger partial charge in [-0.1, -0.05) is 12.1 Å². The Morgan fingerprint density at radius 3 is 2.84 bits per heavy atom. The first-order valence-electron chi connectivity index (χ1n) is 5.78. The van der Waals surface area contributed by atoms with Crippen LogP contribution in [0.5, 0.6) is 5.75 Å². The molecule has 0 heterocycles. The number of nitrogens with one attached hydrogen (secondary N) is 2. The summed E-state index contributed by atoms with van der Waals surface area (Å²) in [6.07, 6.45) is 0.477. The minimum atomic E-state index is -2.87. The van der Waals surface area contributed by atoms with Gasteiger partial charge in [0.05, 0.1) is 0 Å². The molecule has 2 amide bonds. The largest absolute Gasteiger partial charge is 0.435 e. The Balaban J connectivity index is 2.38. The van der Waals surface area contributed by atoms with E-state index in [2.05, 4.69) is 15.4 Å². The number of aliphatic hydroxyl groups is 1. The Morgan fingerprint density at radius 2 is 2.16 bits per heavy atom. The van der Waals surface area contributed by atoms with Gasteiger partial charge < -0.3 is 20.5 Å². The van der Waals surface area contributed by atoms with Gasteiger partial charge in [-0.15, -0.1) is 0 Å². The maximum atomic E-state index is 12.0. The molecule has 0 saturated heterocycles. The second kappa shape index (κ2) is 8.25. The topological polar surface area (TPSA) is 70.6 Å². The summed E-state index contributed by atoms with van der Waals surface area (Å²) in [6, 6.07) is 5.72. The third-order valence-corrected chi connectivity index (χ3v) is 2.20. The zero-order valence-corrected chi connectivity index (χ0v) is 10.2. The molecule has 0 aliphatic carbocycles. The molecular weight excluding hydrogens is 258 g/mol. The number of rotatable bonds is 7. The van der Waals surface area contributed by atoms with Gasteiger partial charge in [0.15, 0.2) is 0 Å². The molecule has 0 spiro atoms. The van der Waals surface area contributed by atoms with E-state index >= 15 is 0 Å². The molecule has 0 aliphatic heterocycles. The number of urea groups is 1. The van der Waals surface area contributed by atoms with Crippen LogP contribution in [0.15, 0.2) is 24.3 Å². The van der Waals surface area contributed by atoms with Gasteiger partial charge in [0.25, 0.3) is 0 Å². The van der Waals surface area contributed by atoms with Gasteiger partial charge >= 0.3 is 12.6 Å². The first kappa shape index (κ1) is 15.2. The predicted octanol–water partition coefficient (Wildman–Crippen LogP) is 1.47. The lowest BCUT2D eigenvalue weighted by atomic mass is 10.2. The second-order valence-corrected chi connectivity index (χ2v) is 3.71. The van der Waals surface area contributed by atoms with Crippen molar-refractivity contribution in [2.75, 3.05) is 13.2 Å². The van der Waals surface area contributed by atoms with Crippen molar-refractivity contribution in [1.29, 1.82) is 0 Å². The molecule has 0 atom stereocenters. The van der Waals surface area contributed by atoms with E-state index in [0.717, 1.165) is 0 Å². The highest BCUT2D eigenvalue weighted by Crippen LogP contribution is 2.15. The van der Waals surface area contributed by atoms with E-state index in [9.17, 15) is 13.6 Å². The number of alkyl halides is 2. The van der Waals surface area contributed by atoms with Gasteiger partial charge in [-0.25, -0.2) is 4.79 Å². The summed E-state index contributed by atoms with van der Waals surface area (Å²) in [5.41, 5.74) is 0.649. The van der Waals surface area contributed by atoms with Crippen molar-refractivity contribution in [3.05, 3.63) is 29.8 Å². The maximum absolute atomic E-state index is 12.0. The van der Waals surface area contributed by atoms with Crippen LogP contribution in [0, 0.1) is 0 Å². The minimum absolute atomic E-state index is 0.00723. The number of ether oxygens (including phenoxy) is 1. The standard InChI is InChI=1S/C12H16F2N2O3/c13-11(14)19-10-4-1-3-9(7-10)8-16-12(18)15-5-2-6-17/h1,3-4,7,11,17H,2,5-6,8H2,(H2,15,16,18). The third kappa shape index (κ3) is 6.56. The van der Waals surface area contributed by atoms with E-state index in [-0.39, 0.29) is 24.9 Å². The smallest absolute Gasteiger partial charge is 0.387 e. The Labute approximate surface area is 109 Å². The summed E-state index contributed by atoms with van der Waals surface area (Å²) in [5, 5.41) is 13.6. The fourth-order valence-corrected chi connectivity index (χ4v) is 1.36. The minimum Gasteiger partial charge on any atom is -0.435 e. The van der Waals surface area contributed by atoms with Gasteiger partial charge in [0.2, 0.25) is 0 Å². The normalized spacial score (nSPS) is 10.3. The first-order chi connectivity index (χ1) is 9.11. The quantitative estimate of drug-likeness (QED) is 0.659. The number of carbonyl (C=O) groups excluding carboxylic acids is 1. The van der Waals surface area contributed by atoms with Crippen LogP contribution in [0.25, 0.3) is 0 Å². The first-order valence-corrected chi connectivity index (χ1v) is 5.78. The zero-order chi connectivity index (χ0) is 14.1. The lowest BCUT2D eigenvalue weighted by Gasteiger charge is -2.09. The molecular formula is C12H16F2N2O3. The highest BCUT2D eigenvalue weighted by atomic mass is 19.3. The summed E-state index contributed by atoms with van der Waals surface area (Å²) in [7, 11) is 0. The van der Waals surface area contributed by atoms with Crippen LogP contribution in [-0.2, 0) is 6.54 Å². The molecule has 0 unspecified atom stereocenters.